The van der Waals surface area contributed by atoms with E-state index in [1.165, 1.54) is 17.0 Å². The van der Waals surface area contributed by atoms with Gasteiger partial charge in [0.2, 0.25) is 11.8 Å². The minimum atomic E-state index is -1.06. The van der Waals surface area contributed by atoms with Gasteiger partial charge in [-0.1, -0.05) is 56.3 Å². The molecule has 0 aromatic heterocycles. The first-order valence-corrected chi connectivity index (χ1v) is 13.0. The molecule has 8 nitrogen and oxygen atoms in total. The SMILES string of the molecule is CC(C)CC(NC(=O)OC(C)(C)C)C(=O)N(C(C(=O)NCc1ccccc1)c1cccc(O)c1)C(C)(C)C. The Morgan fingerprint density at radius 1 is 0.947 bits per heavy atom. The standard InChI is InChI=1S/C30H43N3O5/c1-20(2)17-24(32-28(37)38-30(6,7)8)27(36)33(29(3,4)5)25(22-15-12-16-23(34)18-22)26(35)31-19-21-13-10-9-11-14-21/h9-16,18,20,24-25,34H,17,19H2,1-8H3,(H,31,35)(H,32,37). The number of ether oxygens (including phenoxy) is 1. The molecular weight excluding hydrogens is 482 g/mol. The summed E-state index contributed by atoms with van der Waals surface area (Å²) in [6, 6.07) is 13.8. The Bertz CT molecular complexity index is 1090. The molecular formula is C30H43N3O5. The van der Waals surface area contributed by atoms with E-state index in [0.717, 1.165) is 5.56 Å². The van der Waals surface area contributed by atoms with E-state index in [0.29, 0.717) is 12.0 Å². The van der Waals surface area contributed by atoms with Gasteiger partial charge in [0, 0.05) is 12.1 Å². The van der Waals surface area contributed by atoms with Gasteiger partial charge in [-0.05, 0) is 77.1 Å². The fourth-order valence-electron chi connectivity index (χ4n) is 4.15. The summed E-state index contributed by atoms with van der Waals surface area (Å²) in [6.07, 6.45) is -0.351. The van der Waals surface area contributed by atoms with E-state index >= 15 is 0 Å². The number of benzene rings is 2. The highest BCUT2D eigenvalue weighted by Gasteiger charge is 2.42. The second-order valence-corrected chi connectivity index (χ2v) is 11.9. The van der Waals surface area contributed by atoms with Gasteiger partial charge >= 0.3 is 6.09 Å². The van der Waals surface area contributed by atoms with Crippen LogP contribution in [-0.2, 0) is 20.9 Å². The average Bonchev–Trinajstić information content (AvgIpc) is 2.78. The summed E-state index contributed by atoms with van der Waals surface area (Å²) in [5.74, 6) is -0.759. The third kappa shape index (κ3) is 9.39. The fourth-order valence-corrected chi connectivity index (χ4v) is 4.15. The van der Waals surface area contributed by atoms with E-state index in [-0.39, 0.29) is 18.2 Å². The molecule has 2 aromatic rings. The van der Waals surface area contributed by atoms with Crippen molar-refractivity contribution < 1.29 is 24.2 Å². The zero-order chi connectivity index (χ0) is 28.7. The minimum absolute atomic E-state index is 0.0183. The summed E-state index contributed by atoms with van der Waals surface area (Å²) in [4.78, 5) is 42.2. The Balaban J connectivity index is 2.51. The maximum Gasteiger partial charge on any atom is 0.408 e. The number of nitrogens with one attached hydrogen (secondary N) is 2. The van der Waals surface area contributed by atoms with E-state index < -0.39 is 41.1 Å². The molecule has 2 aromatic carbocycles. The van der Waals surface area contributed by atoms with Gasteiger partial charge in [-0.25, -0.2) is 4.79 Å². The monoisotopic (exact) mass is 525 g/mol. The molecule has 208 valence electrons. The lowest BCUT2D eigenvalue weighted by atomic mass is 9.93. The Kier molecular flexibility index (Phi) is 10.3. The maximum absolute atomic E-state index is 14.2. The lowest BCUT2D eigenvalue weighted by Gasteiger charge is -2.43. The molecule has 0 aliphatic carbocycles. The highest BCUT2D eigenvalue weighted by Crippen LogP contribution is 2.32. The fraction of sp³-hybridized carbons (Fsp3) is 0.500. The predicted octanol–water partition coefficient (Wildman–Crippen LogP) is 5.32. The van der Waals surface area contributed by atoms with Crippen LogP contribution in [0.5, 0.6) is 5.75 Å². The average molecular weight is 526 g/mol. The van der Waals surface area contributed by atoms with Crippen LogP contribution in [0.3, 0.4) is 0 Å². The van der Waals surface area contributed by atoms with Crippen molar-refractivity contribution >= 4 is 17.9 Å². The van der Waals surface area contributed by atoms with Crippen LogP contribution in [-0.4, -0.2) is 45.1 Å². The van der Waals surface area contributed by atoms with Gasteiger partial charge in [-0.3, -0.25) is 9.59 Å². The van der Waals surface area contributed by atoms with Crippen LogP contribution in [0.2, 0.25) is 0 Å². The largest absolute Gasteiger partial charge is 0.508 e. The molecule has 2 rings (SSSR count). The quantitative estimate of drug-likeness (QED) is 0.411. The van der Waals surface area contributed by atoms with Crippen LogP contribution in [0.25, 0.3) is 0 Å². The van der Waals surface area contributed by atoms with Crippen molar-refractivity contribution in [3.05, 3.63) is 65.7 Å². The first-order valence-electron chi connectivity index (χ1n) is 13.0. The van der Waals surface area contributed by atoms with Gasteiger partial charge in [-0.15, -0.1) is 0 Å². The number of amides is 3. The Hall–Kier alpha value is -3.55. The van der Waals surface area contributed by atoms with Crippen LogP contribution in [0, 0.1) is 5.92 Å². The number of phenols is 1. The molecule has 3 N–H and O–H groups in total. The van der Waals surface area contributed by atoms with Gasteiger partial charge < -0.3 is 25.4 Å². The van der Waals surface area contributed by atoms with Crippen LogP contribution in [0.15, 0.2) is 54.6 Å². The lowest BCUT2D eigenvalue weighted by molar-refractivity contribution is -0.148. The first-order chi connectivity index (χ1) is 17.6. The summed E-state index contributed by atoms with van der Waals surface area (Å²) >= 11 is 0. The normalized spacial score (nSPS) is 13.4. The van der Waals surface area contributed by atoms with Crippen LogP contribution < -0.4 is 10.6 Å². The van der Waals surface area contributed by atoms with Crippen molar-refractivity contribution in [2.75, 3.05) is 0 Å². The number of carbonyl (C=O) groups is 3. The summed E-state index contributed by atoms with van der Waals surface area (Å²) in [6.45, 7) is 15.0. The Labute approximate surface area is 226 Å². The van der Waals surface area contributed by atoms with Gasteiger partial charge in [-0.2, -0.15) is 0 Å². The number of aromatic hydroxyl groups is 1. The van der Waals surface area contributed by atoms with Crippen LogP contribution >= 0.6 is 0 Å². The van der Waals surface area contributed by atoms with Crippen molar-refractivity contribution in [1.29, 1.82) is 0 Å². The van der Waals surface area contributed by atoms with E-state index in [9.17, 15) is 19.5 Å². The van der Waals surface area contributed by atoms with E-state index in [2.05, 4.69) is 10.6 Å². The van der Waals surface area contributed by atoms with E-state index in [1.54, 1.807) is 32.9 Å². The predicted molar refractivity (Wildman–Crippen MR) is 148 cm³/mol. The lowest BCUT2D eigenvalue weighted by Crippen LogP contribution is -2.58. The topological polar surface area (TPSA) is 108 Å². The van der Waals surface area contributed by atoms with Gasteiger partial charge in [0.05, 0.1) is 0 Å². The maximum atomic E-state index is 14.2. The highest BCUT2D eigenvalue weighted by molar-refractivity contribution is 5.92. The summed E-state index contributed by atoms with van der Waals surface area (Å²) in [7, 11) is 0. The molecule has 2 atom stereocenters. The number of rotatable bonds is 9. The summed E-state index contributed by atoms with van der Waals surface area (Å²) in [5, 5.41) is 15.9. The molecule has 0 saturated heterocycles. The molecule has 0 fully saturated rings. The smallest absolute Gasteiger partial charge is 0.408 e. The van der Waals surface area contributed by atoms with E-state index in [4.69, 9.17) is 4.74 Å². The van der Waals surface area contributed by atoms with Gasteiger partial charge in [0.1, 0.15) is 23.4 Å². The van der Waals surface area contributed by atoms with Crippen molar-refractivity contribution in [2.24, 2.45) is 5.92 Å². The van der Waals surface area contributed by atoms with Gasteiger partial charge in [0.25, 0.3) is 0 Å². The Morgan fingerprint density at radius 3 is 2.11 bits per heavy atom. The highest BCUT2D eigenvalue weighted by atomic mass is 16.6. The van der Waals surface area contributed by atoms with Crippen molar-refractivity contribution in [1.82, 2.24) is 15.5 Å². The summed E-state index contributed by atoms with van der Waals surface area (Å²) < 4.78 is 5.43. The third-order valence-corrected chi connectivity index (χ3v) is 5.66. The molecule has 0 heterocycles. The molecule has 0 saturated carbocycles. The van der Waals surface area contributed by atoms with Crippen molar-refractivity contribution in [2.45, 2.75) is 91.6 Å². The van der Waals surface area contributed by atoms with Crippen LogP contribution in [0.1, 0.15) is 79.0 Å². The van der Waals surface area contributed by atoms with Crippen molar-refractivity contribution in [3.8, 4) is 5.75 Å². The number of hydrogen-bond donors (Lipinski definition) is 3. The molecule has 0 bridgehead atoms. The molecule has 2 unspecified atom stereocenters. The molecule has 0 aliphatic heterocycles. The molecule has 0 spiro atoms. The zero-order valence-electron chi connectivity index (χ0n) is 23.9. The number of phenolic OH excluding ortho intramolecular Hbond substituents is 1. The first kappa shape index (κ1) is 30.7. The molecule has 38 heavy (non-hydrogen) atoms. The second-order valence-electron chi connectivity index (χ2n) is 11.9. The molecule has 3 amide bonds. The summed E-state index contributed by atoms with van der Waals surface area (Å²) in [5.41, 5.74) is -0.184. The molecule has 0 aliphatic rings. The number of hydrogen-bond acceptors (Lipinski definition) is 5. The van der Waals surface area contributed by atoms with Crippen LogP contribution in [0.4, 0.5) is 4.79 Å². The number of alkyl carbamates (subject to hydrolysis) is 1. The Morgan fingerprint density at radius 2 is 1.58 bits per heavy atom. The van der Waals surface area contributed by atoms with Gasteiger partial charge in [0.15, 0.2) is 0 Å². The third-order valence-electron chi connectivity index (χ3n) is 5.66. The number of nitrogens with zero attached hydrogens (tertiary/aromatic N) is 1. The van der Waals surface area contributed by atoms with Crippen molar-refractivity contribution in [3.63, 3.8) is 0 Å². The van der Waals surface area contributed by atoms with E-state index in [1.807, 2.05) is 65.0 Å². The molecule has 0 radical (unpaired) electrons. The number of carbonyl (C=O) groups excluding carboxylic acids is 3. The zero-order valence-corrected chi connectivity index (χ0v) is 23.9. The minimum Gasteiger partial charge on any atom is -0.508 e. The second kappa shape index (κ2) is 12.8. The molecule has 8 heteroatoms.